The van der Waals surface area contributed by atoms with Crippen LogP contribution >= 0.6 is 0 Å². The second kappa shape index (κ2) is 8.09. The van der Waals surface area contributed by atoms with Gasteiger partial charge in [-0.1, -0.05) is 24.3 Å². The van der Waals surface area contributed by atoms with Gasteiger partial charge in [-0.2, -0.15) is 0 Å². The number of rotatable bonds is 6. The zero-order valence-electron chi connectivity index (χ0n) is 14.4. The lowest BCUT2D eigenvalue weighted by Gasteiger charge is -2.31. The molecule has 2 aromatic carbocycles. The zero-order valence-corrected chi connectivity index (χ0v) is 14.4. The fraction of sp³-hybridized carbons (Fsp3) is 0.368. The van der Waals surface area contributed by atoms with E-state index >= 15 is 0 Å². The third-order valence-corrected chi connectivity index (χ3v) is 4.30. The van der Waals surface area contributed by atoms with Crippen molar-refractivity contribution in [2.45, 2.75) is 26.1 Å². The number of hydrogen-bond donors (Lipinski definition) is 1. The van der Waals surface area contributed by atoms with Gasteiger partial charge in [0.1, 0.15) is 0 Å². The molecule has 0 amide bonds. The molecule has 0 radical (unpaired) electrons. The summed E-state index contributed by atoms with van der Waals surface area (Å²) in [4.78, 5) is 12.7. The molecule has 1 atom stereocenters. The second-order valence-electron chi connectivity index (χ2n) is 6.39. The molecule has 6 nitrogen and oxygen atoms in total. The van der Waals surface area contributed by atoms with Crippen molar-refractivity contribution in [3.63, 3.8) is 0 Å². The number of morpholine rings is 1. The second-order valence-corrected chi connectivity index (χ2v) is 6.39. The van der Waals surface area contributed by atoms with Crippen molar-refractivity contribution >= 4 is 11.4 Å². The summed E-state index contributed by atoms with van der Waals surface area (Å²) in [6, 6.07) is 15.0. The molecule has 6 heteroatoms. The van der Waals surface area contributed by atoms with Crippen LogP contribution in [0.4, 0.5) is 11.4 Å². The normalized spacial score (nSPS) is 18.0. The largest absolute Gasteiger partial charge is 0.381 e. The molecule has 1 saturated heterocycles. The van der Waals surface area contributed by atoms with Crippen LogP contribution in [0.3, 0.4) is 0 Å². The summed E-state index contributed by atoms with van der Waals surface area (Å²) in [5.41, 5.74) is 3.46. The van der Waals surface area contributed by atoms with Crippen molar-refractivity contribution in [3.8, 4) is 0 Å². The fourth-order valence-corrected chi connectivity index (χ4v) is 3.04. The standard InChI is InChI=1S/C19H23N3O3/c1-15-13-21(9-10-25-15)14-17-4-2-3-16(11-17)12-20-18-5-7-19(8-6-18)22(23)24/h2-8,11,15,20H,9-10,12-14H2,1H3. The lowest BCUT2D eigenvalue weighted by molar-refractivity contribution is -0.384. The van der Waals surface area contributed by atoms with Crippen LogP contribution < -0.4 is 5.32 Å². The van der Waals surface area contributed by atoms with Crippen LogP contribution in [0, 0.1) is 10.1 Å². The summed E-state index contributed by atoms with van der Waals surface area (Å²) in [7, 11) is 0. The Morgan fingerprint density at radius 3 is 2.72 bits per heavy atom. The fourth-order valence-electron chi connectivity index (χ4n) is 3.04. The van der Waals surface area contributed by atoms with Crippen molar-refractivity contribution in [2.75, 3.05) is 25.0 Å². The van der Waals surface area contributed by atoms with Crippen LogP contribution in [0.5, 0.6) is 0 Å². The average molecular weight is 341 g/mol. The number of non-ortho nitro benzene ring substituents is 1. The first kappa shape index (κ1) is 17.4. The van der Waals surface area contributed by atoms with Gasteiger partial charge >= 0.3 is 0 Å². The van der Waals surface area contributed by atoms with Gasteiger partial charge < -0.3 is 10.1 Å². The van der Waals surface area contributed by atoms with E-state index in [0.29, 0.717) is 12.6 Å². The number of nitrogens with one attached hydrogen (secondary N) is 1. The highest BCUT2D eigenvalue weighted by Crippen LogP contribution is 2.17. The van der Waals surface area contributed by atoms with E-state index in [4.69, 9.17) is 4.74 Å². The highest BCUT2D eigenvalue weighted by molar-refractivity contribution is 5.48. The minimum Gasteiger partial charge on any atom is -0.381 e. The first-order valence-electron chi connectivity index (χ1n) is 8.50. The maximum Gasteiger partial charge on any atom is 0.269 e. The third kappa shape index (κ3) is 5.01. The molecule has 0 aliphatic carbocycles. The molecule has 0 bridgehead atoms. The predicted octanol–water partition coefficient (Wildman–Crippen LogP) is 3.43. The minimum atomic E-state index is -0.389. The van der Waals surface area contributed by atoms with Crippen LogP contribution in [0.25, 0.3) is 0 Å². The van der Waals surface area contributed by atoms with Gasteiger partial charge in [-0.3, -0.25) is 15.0 Å². The third-order valence-electron chi connectivity index (χ3n) is 4.30. The van der Waals surface area contributed by atoms with Gasteiger partial charge in [0, 0.05) is 44.0 Å². The number of anilines is 1. The van der Waals surface area contributed by atoms with Crippen molar-refractivity contribution in [1.29, 1.82) is 0 Å². The first-order chi connectivity index (χ1) is 12.1. The van der Waals surface area contributed by atoms with E-state index in [-0.39, 0.29) is 10.6 Å². The Balaban J connectivity index is 1.57. The quantitative estimate of drug-likeness (QED) is 0.644. The Morgan fingerprint density at radius 2 is 2.00 bits per heavy atom. The lowest BCUT2D eigenvalue weighted by Crippen LogP contribution is -2.40. The van der Waals surface area contributed by atoms with Crippen LogP contribution in [0.15, 0.2) is 48.5 Å². The summed E-state index contributed by atoms with van der Waals surface area (Å²) >= 11 is 0. The maximum absolute atomic E-state index is 10.7. The number of benzene rings is 2. The van der Waals surface area contributed by atoms with Crippen molar-refractivity contribution < 1.29 is 9.66 Å². The number of nitrogens with zero attached hydrogens (tertiary/aromatic N) is 2. The molecule has 0 saturated carbocycles. The number of ether oxygens (including phenoxy) is 1. The summed E-state index contributed by atoms with van der Waals surface area (Å²) in [6.07, 6.45) is 0.292. The minimum absolute atomic E-state index is 0.104. The predicted molar refractivity (Wildman–Crippen MR) is 97.6 cm³/mol. The summed E-state index contributed by atoms with van der Waals surface area (Å²) in [5, 5.41) is 14.0. The molecule has 1 heterocycles. The molecule has 0 spiro atoms. The lowest BCUT2D eigenvalue weighted by atomic mass is 10.1. The molecule has 25 heavy (non-hydrogen) atoms. The van der Waals surface area contributed by atoms with Gasteiger partial charge in [0.05, 0.1) is 17.6 Å². The number of nitro benzene ring substituents is 1. The first-order valence-corrected chi connectivity index (χ1v) is 8.50. The maximum atomic E-state index is 10.7. The molecule has 3 rings (SSSR count). The van der Waals surface area contributed by atoms with Crippen LogP contribution in [0.1, 0.15) is 18.1 Å². The van der Waals surface area contributed by atoms with Gasteiger partial charge in [0.2, 0.25) is 0 Å². The summed E-state index contributed by atoms with van der Waals surface area (Å²) in [6.45, 7) is 6.45. The van der Waals surface area contributed by atoms with E-state index in [1.54, 1.807) is 12.1 Å². The van der Waals surface area contributed by atoms with E-state index < -0.39 is 0 Å². The Bertz CT molecular complexity index is 718. The molecule has 1 aliphatic rings. The topological polar surface area (TPSA) is 67.6 Å². The molecule has 1 aliphatic heterocycles. The van der Waals surface area contributed by atoms with E-state index in [9.17, 15) is 10.1 Å². The molecule has 1 fully saturated rings. The SMILES string of the molecule is CC1CN(Cc2cccc(CNc3ccc([N+](=O)[O-])cc3)c2)CCO1. The Hall–Kier alpha value is -2.44. The van der Waals surface area contributed by atoms with E-state index in [0.717, 1.165) is 31.9 Å². The van der Waals surface area contributed by atoms with Gasteiger partial charge in [0.15, 0.2) is 0 Å². The Kier molecular flexibility index (Phi) is 5.63. The van der Waals surface area contributed by atoms with Gasteiger partial charge in [-0.05, 0) is 30.2 Å². The Morgan fingerprint density at radius 1 is 1.24 bits per heavy atom. The summed E-state index contributed by atoms with van der Waals surface area (Å²) < 4.78 is 5.59. The summed E-state index contributed by atoms with van der Waals surface area (Å²) in [5.74, 6) is 0. The molecular weight excluding hydrogens is 318 g/mol. The molecule has 132 valence electrons. The molecule has 1 N–H and O–H groups in total. The van der Waals surface area contributed by atoms with Crippen LogP contribution in [0.2, 0.25) is 0 Å². The van der Waals surface area contributed by atoms with E-state index in [2.05, 4.69) is 41.4 Å². The monoisotopic (exact) mass is 341 g/mol. The molecule has 1 unspecified atom stereocenters. The van der Waals surface area contributed by atoms with Crippen molar-refractivity contribution in [2.24, 2.45) is 0 Å². The Labute approximate surface area is 147 Å². The van der Waals surface area contributed by atoms with Crippen molar-refractivity contribution in [1.82, 2.24) is 4.90 Å². The van der Waals surface area contributed by atoms with Crippen LogP contribution in [-0.2, 0) is 17.8 Å². The van der Waals surface area contributed by atoms with Gasteiger partial charge in [-0.25, -0.2) is 0 Å². The van der Waals surface area contributed by atoms with E-state index in [1.165, 1.54) is 23.3 Å². The molecular formula is C19H23N3O3. The van der Waals surface area contributed by atoms with Gasteiger partial charge in [0.25, 0.3) is 5.69 Å². The van der Waals surface area contributed by atoms with Gasteiger partial charge in [-0.15, -0.1) is 0 Å². The van der Waals surface area contributed by atoms with E-state index in [1.807, 2.05) is 0 Å². The number of nitro groups is 1. The zero-order chi connectivity index (χ0) is 17.6. The smallest absolute Gasteiger partial charge is 0.269 e. The number of hydrogen-bond acceptors (Lipinski definition) is 5. The highest BCUT2D eigenvalue weighted by atomic mass is 16.6. The van der Waals surface area contributed by atoms with Crippen LogP contribution in [-0.4, -0.2) is 35.6 Å². The average Bonchev–Trinajstić information content (AvgIpc) is 2.61. The molecule has 2 aromatic rings. The molecule has 0 aromatic heterocycles. The van der Waals surface area contributed by atoms with Crippen molar-refractivity contribution in [3.05, 3.63) is 69.8 Å². The highest BCUT2D eigenvalue weighted by Gasteiger charge is 2.16.